The fourth-order valence-corrected chi connectivity index (χ4v) is 4.43. The molecule has 136 valence electrons. The lowest BCUT2D eigenvalue weighted by Gasteiger charge is -2.39. The quantitative estimate of drug-likeness (QED) is 0.757. The van der Waals surface area contributed by atoms with Crippen molar-refractivity contribution in [3.8, 4) is 6.07 Å². The van der Waals surface area contributed by atoms with Crippen LogP contribution in [0, 0.1) is 11.3 Å². The molecule has 1 amide bonds. The van der Waals surface area contributed by atoms with Crippen molar-refractivity contribution in [1.29, 1.82) is 5.26 Å². The predicted molar refractivity (Wildman–Crippen MR) is 99.9 cm³/mol. The van der Waals surface area contributed by atoms with Gasteiger partial charge in [0.15, 0.2) is 5.17 Å². The number of amidine groups is 1. The summed E-state index contributed by atoms with van der Waals surface area (Å²) in [5.41, 5.74) is 0.925. The molecule has 2 aliphatic rings. The molecule has 1 aromatic rings. The number of hydrogen-bond donors (Lipinski definition) is 0. The van der Waals surface area contributed by atoms with E-state index in [9.17, 15) is 9.59 Å². The first-order valence-electron chi connectivity index (χ1n) is 8.80. The molecular weight excluding hydrogens is 350 g/mol. The lowest BCUT2D eigenvalue weighted by Crippen LogP contribution is -2.47. The number of thioether (sulfide) groups is 1. The Bertz CT molecular complexity index is 765. The normalized spacial score (nSPS) is 24.2. The van der Waals surface area contributed by atoms with Gasteiger partial charge >= 0.3 is 5.97 Å². The fourth-order valence-electron chi connectivity index (χ4n) is 3.14. The van der Waals surface area contributed by atoms with E-state index < -0.39 is 0 Å². The molecule has 0 spiro atoms. The minimum atomic E-state index is -0.372. The third kappa shape index (κ3) is 3.61. The van der Waals surface area contributed by atoms with E-state index in [-0.39, 0.29) is 23.2 Å². The first-order valence-corrected chi connectivity index (χ1v) is 9.68. The second-order valence-corrected chi connectivity index (χ2v) is 7.52. The third-order valence-electron chi connectivity index (χ3n) is 4.78. The first-order chi connectivity index (χ1) is 12.5. The second kappa shape index (κ2) is 7.92. The summed E-state index contributed by atoms with van der Waals surface area (Å²) >= 11 is 1.31. The Kier molecular flexibility index (Phi) is 5.62. The number of amides is 1. The number of benzene rings is 1. The van der Waals surface area contributed by atoms with Crippen molar-refractivity contribution in [2.75, 3.05) is 6.61 Å². The molecule has 2 atom stereocenters. The van der Waals surface area contributed by atoms with Crippen molar-refractivity contribution < 1.29 is 14.3 Å². The Hall–Kier alpha value is -2.33. The maximum atomic E-state index is 12.6. The highest BCUT2D eigenvalue weighted by Crippen LogP contribution is 2.39. The molecule has 1 heterocycles. The number of hydrogen-bond acceptors (Lipinski definition) is 5. The van der Waals surface area contributed by atoms with E-state index in [2.05, 4.69) is 9.89 Å². The lowest BCUT2D eigenvalue weighted by atomic mass is 9.90. The number of esters is 1. The van der Waals surface area contributed by atoms with E-state index in [0.717, 1.165) is 19.3 Å². The Labute approximate surface area is 157 Å². The van der Waals surface area contributed by atoms with Crippen molar-refractivity contribution in [1.82, 2.24) is 4.90 Å². The highest BCUT2D eigenvalue weighted by Gasteiger charge is 2.45. The van der Waals surface area contributed by atoms with Crippen molar-refractivity contribution in [3.63, 3.8) is 0 Å². The van der Waals surface area contributed by atoms with Crippen LogP contribution in [-0.2, 0) is 9.53 Å². The van der Waals surface area contributed by atoms with Crippen molar-refractivity contribution in [2.24, 2.45) is 4.99 Å². The molecule has 2 fully saturated rings. The second-order valence-electron chi connectivity index (χ2n) is 6.41. The molecule has 26 heavy (non-hydrogen) atoms. The summed E-state index contributed by atoms with van der Waals surface area (Å²) < 4.78 is 5.18. The Morgan fingerprint density at radius 3 is 2.58 bits per heavy atom. The van der Waals surface area contributed by atoms with Gasteiger partial charge in [0.2, 0.25) is 0 Å². The van der Waals surface area contributed by atoms with Crippen LogP contribution in [0.5, 0.6) is 0 Å². The van der Waals surface area contributed by atoms with Crippen molar-refractivity contribution in [3.05, 3.63) is 35.4 Å². The standard InChI is InChI=1S/C19H21N3O3S/c1-3-25-18(24)16-12(2)22(15-5-4-6-15)19(26-16)21-17(23)14-9-7-13(11-20)8-10-14/h7-10,12,15-16H,3-6H2,1-2H3. The summed E-state index contributed by atoms with van der Waals surface area (Å²) in [6.45, 7) is 4.11. The van der Waals surface area contributed by atoms with Crippen LogP contribution in [0.2, 0.25) is 0 Å². The smallest absolute Gasteiger partial charge is 0.321 e. The molecule has 1 saturated heterocycles. The van der Waals surface area contributed by atoms with Gasteiger partial charge in [-0.1, -0.05) is 11.8 Å². The fraction of sp³-hybridized carbons (Fsp3) is 0.474. The molecule has 1 aliphatic carbocycles. The topological polar surface area (TPSA) is 82.8 Å². The van der Waals surface area contributed by atoms with Gasteiger partial charge in [-0.05, 0) is 57.4 Å². The zero-order valence-corrected chi connectivity index (χ0v) is 15.7. The largest absolute Gasteiger partial charge is 0.465 e. The predicted octanol–water partition coefficient (Wildman–Crippen LogP) is 2.98. The zero-order chi connectivity index (χ0) is 18.7. The van der Waals surface area contributed by atoms with Gasteiger partial charge in [-0.3, -0.25) is 9.59 Å². The van der Waals surface area contributed by atoms with Crippen LogP contribution in [-0.4, -0.2) is 45.9 Å². The van der Waals surface area contributed by atoms with E-state index >= 15 is 0 Å². The molecule has 3 rings (SSSR count). The molecule has 6 nitrogen and oxygen atoms in total. The number of ether oxygens (including phenoxy) is 1. The third-order valence-corrected chi connectivity index (χ3v) is 6.13. The molecule has 1 aliphatic heterocycles. The van der Waals surface area contributed by atoms with E-state index in [1.54, 1.807) is 31.2 Å². The van der Waals surface area contributed by atoms with Gasteiger partial charge in [0.1, 0.15) is 5.25 Å². The van der Waals surface area contributed by atoms with Gasteiger partial charge in [0.25, 0.3) is 5.91 Å². The number of carbonyl (C=O) groups excluding carboxylic acids is 2. The number of nitrogens with zero attached hydrogens (tertiary/aromatic N) is 3. The number of aliphatic imine (C=N–C) groups is 1. The summed E-state index contributed by atoms with van der Waals surface area (Å²) in [7, 11) is 0. The van der Waals surface area contributed by atoms with Gasteiger partial charge in [-0.2, -0.15) is 10.3 Å². The average molecular weight is 371 g/mol. The Balaban J connectivity index is 1.84. The summed E-state index contributed by atoms with van der Waals surface area (Å²) in [6, 6.07) is 8.70. The highest BCUT2D eigenvalue weighted by atomic mass is 32.2. The number of carbonyl (C=O) groups is 2. The maximum absolute atomic E-state index is 12.6. The van der Waals surface area contributed by atoms with Crippen molar-refractivity contribution in [2.45, 2.75) is 50.4 Å². The Morgan fingerprint density at radius 2 is 2.04 bits per heavy atom. The highest BCUT2D eigenvalue weighted by molar-refractivity contribution is 8.15. The maximum Gasteiger partial charge on any atom is 0.321 e. The summed E-state index contributed by atoms with van der Waals surface area (Å²) in [5.74, 6) is -0.622. The van der Waals surface area contributed by atoms with Crippen molar-refractivity contribution >= 4 is 28.8 Å². The molecule has 0 N–H and O–H groups in total. The van der Waals surface area contributed by atoms with Crippen LogP contribution in [0.15, 0.2) is 29.3 Å². The van der Waals surface area contributed by atoms with Crippen LogP contribution in [0.1, 0.15) is 49.0 Å². The molecular formula is C19H21N3O3S. The lowest BCUT2D eigenvalue weighted by molar-refractivity contribution is -0.143. The monoisotopic (exact) mass is 371 g/mol. The van der Waals surface area contributed by atoms with Crippen LogP contribution in [0.4, 0.5) is 0 Å². The van der Waals surface area contributed by atoms with Crippen LogP contribution < -0.4 is 0 Å². The molecule has 7 heteroatoms. The molecule has 0 aromatic heterocycles. The van der Waals surface area contributed by atoms with E-state index in [4.69, 9.17) is 10.00 Å². The van der Waals surface area contributed by atoms with Gasteiger partial charge in [0, 0.05) is 11.6 Å². The average Bonchev–Trinajstić information content (AvgIpc) is 2.90. The van der Waals surface area contributed by atoms with E-state index in [1.165, 1.54) is 11.8 Å². The summed E-state index contributed by atoms with van der Waals surface area (Å²) in [5, 5.41) is 9.08. The zero-order valence-electron chi connectivity index (χ0n) is 14.8. The SMILES string of the molecule is CCOC(=O)C1SC(=NC(=O)c2ccc(C#N)cc2)N(C2CCC2)C1C. The molecule has 2 unspecified atom stereocenters. The minimum Gasteiger partial charge on any atom is -0.465 e. The summed E-state index contributed by atoms with van der Waals surface area (Å²) in [6.07, 6.45) is 3.24. The first kappa shape index (κ1) is 18.5. The van der Waals surface area contributed by atoms with Gasteiger partial charge in [-0.25, -0.2) is 0 Å². The Morgan fingerprint density at radius 1 is 1.35 bits per heavy atom. The number of rotatable bonds is 4. The van der Waals surface area contributed by atoms with Crippen LogP contribution in [0.25, 0.3) is 0 Å². The van der Waals surface area contributed by atoms with Gasteiger partial charge in [0.05, 0.1) is 24.3 Å². The van der Waals surface area contributed by atoms with E-state index in [0.29, 0.717) is 28.9 Å². The van der Waals surface area contributed by atoms with Gasteiger partial charge in [-0.15, -0.1) is 0 Å². The number of nitriles is 1. The van der Waals surface area contributed by atoms with Crippen LogP contribution >= 0.6 is 11.8 Å². The molecule has 1 aromatic carbocycles. The molecule has 0 radical (unpaired) electrons. The summed E-state index contributed by atoms with van der Waals surface area (Å²) in [4.78, 5) is 31.2. The molecule has 1 saturated carbocycles. The van der Waals surface area contributed by atoms with E-state index in [1.807, 2.05) is 13.0 Å². The minimum absolute atomic E-state index is 0.0585. The van der Waals surface area contributed by atoms with Crippen LogP contribution in [0.3, 0.4) is 0 Å². The van der Waals surface area contributed by atoms with Gasteiger partial charge < -0.3 is 9.64 Å². The molecule has 0 bridgehead atoms.